The van der Waals surface area contributed by atoms with Gasteiger partial charge in [-0.25, -0.2) is 0 Å². The predicted octanol–water partition coefficient (Wildman–Crippen LogP) is 16.5. The average Bonchev–Trinajstić information content (AvgIpc) is 3.28. The van der Waals surface area contributed by atoms with Crippen molar-refractivity contribution in [2.45, 2.75) is 20.8 Å². The SMILES string of the molecule is Cc1ccc(N(c2cc(N(c3ccc(C)cc3)c3cccc4ccccc34)cc(N(c3cccc(C)c3)c3cccc4ccccc34)c2)c2cccc3ccccc23)cc1. The molecule has 10 aromatic rings. The summed E-state index contributed by atoms with van der Waals surface area (Å²) < 4.78 is 0. The van der Waals surface area contributed by atoms with Gasteiger partial charge in [-0.15, -0.1) is 0 Å². The number of anilines is 9. The van der Waals surface area contributed by atoms with Crippen LogP contribution in [0.5, 0.6) is 0 Å². The zero-order valence-corrected chi connectivity index (χ0v) is 34.1. The van der Waals surface area contributed by atoms with Gasteiger partial charge in [0.2, 0.25) is 0 Å². The molecule has 0 heterocycles. The van der Waals surface area contributed by atoms with Gasteiger partial charge in [0.05, 0.1) is 34.1 Å². The van der Waals surface area contributed by atoms with Gasteiger partial charge in [-0.1, -0.05) is 157 Å². The Balaban J connectivity index is 1.33. The van der Waals surface area contributed by atoms with Crippen molar-refractivity contribution >= 4 is 83.5 Å². The summed E-state index contributed by atoms with van der Waals surface area (Å²) in [6.45, 7) is 6.47. The molecule has 10 aromatic carbocycles. The normalized spacial score (nSPS) is 11.2. The van der Waals surface area contributed by atoms with E-state index in [1.165, 1.54) is 49.0 Å². The summed E-state index contributed by atoms with van der Waals surface area (Å²) in [5, 5.41) is 7.12. The second-order valence-corrected chi connectivity index (χ2v) is 15.7. The van der Waals surface area contributed by atoms with Crippen LogP contribution in [0.2, 0.25) is 0 Å². The standard InChI is InChI=1S/C57H45N3/c1-40-28-32-46(33-29-40)58(55-25-11-18-43-15-4-7-22-52(43)55)49-37-50(59(47-34-30-41(2)31-35-47)56-26-12-19-44-16-5-8-23-53(44)56)39-51(38-49)60(48-21-10-14-42(3)36-48)57-27-13-20-45-17-6-9-24-54(45)57/h4-39H,1-3H3. The fourth-order valence-corrected chi connectivity index (χ4v) is 8.61. The van der Waals surface area contributed by atoms with Crippen LogP contribution in [0.4, 0.5) is 51.2 Å². The summed E-state index contributed by atoms with van der Waals surface area (Å²) in [7, 11) is 0. The summed E-state index contributed by atoms with van der Waals surface area (Å²) >= 11 is 0. The highest BCUT2D eigenvalue weighted by molar-refractivity contribution is 6.04. The molecule has 10 rings (SSSR count). The maximum Gasteiger partial charge on any atom is 0.0540 e. The molecule has 0 saturated heterocycles. The second-order valence-electron chi connectivity index (χ2n) is 15.7. The molecule has 0 spiro atoms. The Morgan fingerprint density at radius 1 is 0.233 bits per heavy atom. The molecule has 0 N–H and O–H groups in total. The van der Waals surface area contributed by atoms with Crippen LogP contribution in [0.3, 0.4) is 0 Å². The van der Waals surface area contributed by atoms with E-state index in [4.69, 9.17) is 0 Å². The number of fused-ring (bicyclic) bond motifs is 3. The van der Waals surface area contributed by atoms with Crippen LogP contribution < -0.4 is 14.7 Å². The third-order valence-electron chi connectivity index (χ3n) is 11.5. The first-order valence-corrected chi connectivity index (χ1v) is 20.7. The van der Waals surface area contributed by atoms with Gasteiger partial charge in [0.15, 0.2) is 0 Å². The highest BCUT2D eigenvalue weighted by Gasteiger charge is 2.24. The summed E-state index contributed by atoms with van der Waals surface area (Å²) in [4.78, 5) is 7.31. The zero-order valence-electron chi connectivity index (χ0n) is 34.1. The molecule has 0 aliphatic heterocycles. The Morgan fingerprint density at radius 3 is 0.950 bits per heavy atom. The summed E-state index contributed by atoms with van der Waals surface area (Å²) in [6.07, 6.45) is 0. The maximum atomic E-state index is 2.44. The van der Waals surface area contributed by atoms with Crippen LogP contribution in [-0.2, 0) is 0 Å². The van der Waals surface area contributed by atoms with Crippen molar-refractivity contribution in [3.8, 4) is 0 Å². The minimum Gasteiger partial charge on any atom is -0.310 e. The van der Waals surface area contributed by atoms with Gasteiger partial charge in [-0.3, -0.25) is 0 Å². The summed E-state index contributed by atoms with van der Waals surface area (Å²) in [5.41, 5.74) is 13.3. The van der Waals surface area contributed by atoms with Gasteiger partial charge < -0.3 is 14.7 Å². The Kier molecular flexibility index (Phi) is 9.55. The molecule has 3 nitrogen and oxygen atoms in total. The molecule has 0 saturated carbocycles. The van der Waals surface area contributed by atoms with E-state index >= 15 is 0 Å². The highest BCUT2D eigenvalue weighted by Crippen LogP contribution is 2.48. The monoisotopic (exact) mass is 771 g/mol. The lowest BCUT2D eigenvalue weighted by Crippen LogP contribution is -2.17. The molecule has 0 unspecified atom stereocenters. The summed E-state index contributed by atoms with van der Waals surface area (Å²) in [6, 6.07) is 79.8. The van der Waals surface area contributed by atoms with E-state index in [1.807, 2.05) is 0 Å². The predicted molar refractivity (Wildman–Crippen MR) is 257 cm³/mol. The molecular formula is C57H45N3. The van der Waals surface area contributed by atoms with E-state index in [0.29, 0.717) is 0 Å². The van der Waals surface area contributed by atoms with E-state index in [0.717, 1.165) is 51.2 Å². The van der Waals surface area contributed by atoms with E-state index in [2.05, 4.69) is 254 Å². The number of hydrogen-bond donors (Lipinski definition) is 0. The van der Waals surface area contributed by atoms with Crippen LogP contribution in [0.25, 0.3) is 32.3 Å². The lowest BCUT2D eigenvalue weighted by atomic mass is 10.0. The largest absolute Gasteiger partial charge is 0.310 e. The molecule has 60 heavy (non-hydrogen) atoms. The van der Waals surface area contributed by atoms with Crippen LogP contribution in [-0.4, -0.2) is 0 Å². The van der Waals surface area contributed by atoms with Gasteiger partial charge in [-0.2, -0.15) is 0 Å². The molecule has 0 atom stereocenters. The highest BCUT2D eigenvalue weighted by atomic mass is 15.2. The molecule has 0 aliphatic carbocycles. The van der Waals surface area contributed by atoms with Crippen molar-refractivity contribution in [1.82, 2.24) is 0 Å². The van der Waals surface area contributed by atoms with Crippen molar-refractivity contribution in [2.75, 3.05) is 14.7 Å². The molecule has 0 bridgehead atoms. The topological polar surface area (TPSA) is 9.72 Å². The molecule has 0 aliphatic rings. The third kappa shape index (κ3) is 6.91. The molecule has 0 aromatic heterocycles. The molecular weight excluding hydrogens is 727 g/mol. The fourth-order valence-electron chi connectivity index (χ4n) is 8.61. The Bertz CT molecular complexity index is 2980. The quantitative estimate of drug-likeness (QED) is 0.145. The first-order chi connectivity index (χ1) is 29.5. The fraction of sp³-hybridized carbons (Fsp3) is 0.0526. The molecule has 3 heteroatoms. The lowest BCUT2D eigenvalue weighted by Gasteiger charge is -2.34. The van der Waals surface area contributed by atoms with Crippen molar-refractivity contribution in [1.29, 1.82) is 0 Å². The summed E-state index contributed by atoms with van der Waals surface area (Å²) in [5.74, 6) is 0. The molecule has 0 radical (unpaired) electrons. The van der Waals surface area contributed by atoms with Gasteiger partial charge in [0, 0.05) is 33.2 Å². The smallest absolute Gasteiger partial charge is 0.0540 e. The maximum absolute atomic E-state index is 2.44. The van der Waals surface area contributed by atoms with E-state index in [-0.39, 0.29) is 0 Å². The van der Waals surface area contributed by atoms with Crippen LogP contribution >= 0.6 is 0 Å². The van der Waals surface area contributed by atoms with Crippen LogP contribution in [0, 0.1) is 20.8 Å². The second kappa shape index (κ2) is 15.6. The van der Waals surface area contributed by atoms with Gasteiger partial charge >= 0.3 is 0 Å². The van der Waals surface area contributed by atoms with E-state index in [1.54, 1.807) is 0 Å². The van der Waals surface area contributed by atoms with Crippen molar-refractivity contribution in [3.63, 3.8) is 0 Å². The Morgan fingerprint density at radius 2 is 0.567 bits per heavy atom. The van der Waals surface area contributed by atoms with Gasteiger partial charge in [-0.05, 0) is 115 Å². The molecule has 0 amide bonds. The number of nitrogens with zero attached hydrogens (tertiary/aromatic N) is 3. The first-order valence-electron chi connectivity index (χ1n) is 20.7. The minimum absolute atomic E-state index is 1.04. The zero-order chi connectivity index (χ0) is 40.6. The number of hydrogen-bond acceptors (Lipinski definition) is 3. The number of rotatable bonds is 9. The van der Waals surface area contributed by atoms with Crippen molar-refractivity contribution in [3.05, 3.63) is 235 Å². The Hall–Kier alpha value is -7.62. The van der Waals surface area contributed by atoms with Crippen molar-refractivity contribution < 1.29 is 0 Å². The van der Waals surface area contributed by atoms with Gasteiger partial charge in [0.25, 0.3) is 0 Å². The van der Waals surface area contributed by atoms with Crippen LogP contribution in [0.1, 0.15) is 16.7 Å². The van der Waals surface area contributed by atoms with E-state index < -0.39 is 0 Å². The third-order valence-corrected chi connectivity index (χ3v) is 11.5. The van der Waals surface area contributed by atoms with Gasteiger partial charge in [0.1, 0.15) is 0 Å². The number of benzene rings is 10. The van der Waals surface area contributed by atoms with Crippen LogP contribution in [0.15, 0.2) is 218 Å². The molecule has 288 valence electrons. The number of aryl methyl sites for hydroxylation is 3. The van der Waals surface area contributed by atoms with E-state index in [9.17, 15) is 0 Å². The average molecular weight is 772 g/mol. The molecule has 0 fully saturated rings. The Labute approximate surface area is 352 Å². The minimum atomic E-state index is 1.04. The lowest BCUT2D eigenvalue weighted by molar-refractivity contribution is 1.23. The van der Waals surface area contributed by atoms with Crippen molar-refractivity contribution in [2.24, 2.45) is 0 Å². The first kappa shape index (κ1) is 36.7.